The lowest BCUT2D eigenvalue weighted by atomic mass is 10.0. The Morgan fingerprint density at radius 1 is 0.356 bits per heavy atom. The smallest absolute Gasteiger partial charge is 0.462 e. The number of hydrogen-bond acceptors (Lipinski definition) is 7. The van der Waals surface area contributed by atoms with Gasteiger partial charge in [-0.05, 0) is 103 Å². The molecule has 2 unspecified atom stereocenters. The summed E-state index contributed by atoms with van der Waals surface area (Å²) in [4.78, 5) is 35.9. The molecule has 0 aliphatic rings. The highest BCUT2D eigenvalue weighted by atomic mass is 31.2. The van der Waals surface area contributed by atoms with Crippen LogP contribution in [-0.4, -0.2) is 74.9 Å². The first-order chi connectivity index (χ1) is 44.0. The third kappa shape index (κ3) is 73.7. The summed E-state index contributed by atoms with van der Waals surface area (Å²) < 4.78 is 34.8. The van der Waals surface area contributed by atoms with E-state index in [1.54, 1.807) is 0 Å². The number of unbranched alkanes of at least 4 members (excludes halogenated alkanes) is 37. The van der Waals surface area contributed by atoms with Gasteiger partial charge >= 0.3 is 19.8 Å². The van der Waals surface area contributed by atoms with Crippen LogP contribution in [0.4, 0.5) is 0 Å². The van der Waals surface area contributed by atoms with Gasteiger partial charge in [-0.15, -0.1) is 0 Å². The summed E-state index contributed by atoms with van der Waals surface area (Å²) in [5.74, 6) is -0.789. The van der Waals surface area contributed by atoms with Crippen LogP contribution in [0, 0.1) is 0 Å². The van der Waals surface area contributed by atoms with E-state index in [-0.39, 0.29) is 32.0 Å². The SMILES string of the molecule is CC/C=C\C/C=C\C/C=C\C/C=C\C/C=C\C/C=C\C/C=C\CCCCCCCCCCCCCCCC(=O)OC(COC(=O)CCCCCCCCCCCCCCCCCCCCC/C=C\C/C=C\CCCCCCC)COP(=O)(O)OCC[N+](C)(C)C. The first kappa shape index (κ1) is 86.7. The molecule has 0 aromatic heterocycles. The molecule has 0 aromatic rings. The highest BCUT2D eigenvalue weighted by molar-refractivity contribution is 7.47. The summed E-state index contributed by atoms with van der Waals surface area (Å²) in [6.45, 7) is 4.34. The summed E-state index contributed by atoms with van der Waals surface area (Å²) in [5, 5.41) is 0. The average Bonchev–Trinajstić information content (AvgIpc) is 3.61. The molecule has 0 aliphatic heterocycles. The molecule has 0 radical (unpaired) electrons. The molecule has 0 heterocycles. The number of carbonyl (C=O) groups excluding carboxylic acids is 2. The number of hydrogen-bond donors (Lipinski definition) is 1. The molecule has 0 bridgehead atoms. The maximum Gasteiger partial charge on any atom is 0.472 e. The van der Waals surface area contributed by atoms with E-state index in [9.17, 15) is 19.0 Å². The standard InChI is InChI=1S/C80H142NO8P/c1-6-8-10-12-14-16-18-20-22-24-26-28-30-32-34-36-38-39-40-41-43-45-47-49-51-53-55-57-59-61-63-65-67-69-71-73-80(83)89-78(77-88-90(84,85)87-75-74-81(3,4)5)76-86-79(82)72-70-68-66-64-62-60-58-56-54-52-50-48-46-44-42-37-35-33-31-29-27-25-23-21-19-17-15-13-11-9-7-2/h8,10,14,16,19-22,25-28,32,34,38-39,41,43,78H,6-7,9,11-13,15,17-18,23-24,29-31,33,35-37,40,42,44-77H2,1-5H3/p+1/b10-8-,16-14-,21-19-,22-20-,27-25-,28-26-,34-32-,39-38-,43-41-. The Morgan fingerprint density at radius 2 is 0.633 bits per heavy atom. The lowest BCUT2D eigenvalue weighted by Gasteiger charge is -2.24. The second kappa shape index (κ2) is 70.0. The lowest BCUT2D eigenvalue weighted by molar-refractivity contribution is -0.870. The van der Waals surface area contributed by atoms with Gasteiger partial charge in [0.2, 0.25) is 0 Å². The van der Waals surface area contributed by atoms with Crippen molar-refractivity contribution >= 4 is 19.8 Å². The number of rotatable bonds is 69. The second-order valence-corrected chi connectivity index (χ2v) is 27.8. The first-order valence-electron chi connectivity index (χ1n) is 37.6. The molecule has 0 aliphatic carbocycles. The Hall–Kier alpha value is -3.33. The number of nitrogens with zero attached hydrogens (tertiary/aromatic N) is 1. The van der Waals surface area contributed by atoms with E-state index in [4.69, 9.17) is 18.5 Å². The Labute approximate surface area is 556 Å². The van der Waals surface area contributed by atoms with Gasteiger partial charge < -0.3 is 18.9 Å². The van der Waals surface area contributed by atoms with Crippen LogP contribution in [0.1, 0.15) is 335 Å². The van der Waals surface area contributed by atoms with Crippen LogP contribution in [0.25, 0.3) is 0 Å². The van der Waals surface area contributed by atoms with Crippen LogP contribution >= 0.6 is 7.82 Å². The number of quaternary nitrogens is 1. The summed E-state index contributed by atoms with van der Waals surface area (Å²) in [7, 11) is 1.48. The topological polar surface area (TPSA) is 108 Å². The van der Waals surface area contributed by atoms with E-state index in [2.05, 4.69) is 123 Å². The van der Waals surface area contributed by atoms with E-state index < -0.39 is 26.5 Å². The maximum atomic E-state index is 12.9. The predicted molar refractivity (Wildman–Crippen MR) is 390 cm³/mol. The molecule has 520 valence electrons. The highest BCUT2D eigenvalue weighted by Crippen LogP contribution is 2.43. The first-order valence-corrected chi connectivity index (χ1v) is 39.1. The van der Waals surface area contributed by atoms with Crippen molar-refractivity contribution in [2.45, 2.75) is 341 Å². The second-order valence-electron chi connectivity index (χ2n) is 26.3. The van der Waals surface area contributed by atoms with Crippen LogP contribution in [0.2, 0.25) is 0 Å². The minimum Gasteiger partial charge on any atom is -0.462 e. The molecule has 9 nitrogen and oxygen atoms in total. The third-order valence-corrected chi connectivity index (χ3v) is 17.3. The Morgan fingerprint density at radius 3 is 0.944 bits per heavy atom. The number of esters is 2. The molecule has 0 spiro atoms. The summed E-state index contributed by atoms with van der Waals surface area (Å²) in [6.07, 6.45) is 99.2. The molecule has 2 atom stereocenters. The van der Waals surface area contributed by atoms with E-state index in [0.717, 1.165) is 89.9 Å². The molecule has 0 saturated carbocycles. The molecule has 90 heavy (non-hydrogen) atoms. The number of allylic oxidation sites excluding steroid dienone is 18. The van der Waals surface area contributed by atoms with Gasteiger partial charge in [-0.1, -0.05) is 329 Å². The molecule has 0 rings (SSSR count). The number of ether oxygens (including phenoxy) is 2. The average molecular weight is 1280 g/mol. The van der Waals surface area contributed by atoms with Crippen molar-refractivity contribution in [2.75, 3.05) is 47.5 Å². The largest absolute Gasteiger partial charge is 0.472 e. The van der Waals surface area contributed by atoms with Gasteiger partial charge in [0.25, 0.3) is 0 Å². The molecule has 0 saturated heterocycles. The van der Waals surface area contributed by atoms with Crippen molar-refractivity contribution in [1.29, 1.82) is 0 Å². The predicted octanol–water partition coefficient (Wildman–Crippen LogP) is 24.8. The zero-order chi connectivity index (χ0) is 65.5. The van der Waals surface area contributed by atoms with Gasteiger partial charge in [-0.3, -0.25) is 18.6 Å². The van der Waals surface area contributed by atoms with Crippen molar-refractivity contribution in [3.05, 3.63) is 109 Å². The molecular weight excluding hydrogens is 1130 g/mol. The fraction of sp³-hybridized carbons (Fsp3) is 0.750. The molecule has 0 fully saturated rings. The monoisotopic (exact) mass is 1280 g/mol. The summed E-state index contributed by atoms with van der Waals surface area (Å²) in [5.41, 5.74) is 0. The normalized spacial score (nSPS) is 13.7. The van der Waals surface area contributed by atoms with Crippen molar-refractivity contribution in [3.8, 4) is 0 Å². The lowest BCUT2D eigenvalue weighted by Crippen LogP contribution is -2.37. The highest BCUT2D eigenvalue weighted by Gasteiger charge is 2.27. The van der Waals surface area contributed by atoms with Crippen LogP contribution < -0.4 is 0 Å². The molecule has 0 aromatic carbocycles. The zero-order valence-corrected chi connectivity index (χ0v) is 60.2. The van der Waals surface area contributed by atoms with Gasteiger partial charge in [0.05, 0.1) is 27.7 Å². The fourth-order valence-corrected chi connectivity index (χ4v) is 11.3. The Bertz CT molecular complexity index is 1890. The van der Waals surface area contributed by atoms with E-state index in [0.29, 0.717) is 17.4 Å². The summed E-state index contributed by atoms with van der Waals surface area (Å²) >= 11 is 0. The van der Waals surface area contributed by atoms with Gasteiger partial charge in [0, 0.05) is 12.8 Å². The molecule has 1 N–H and O–H groups in total. The summed E-state index contributed by atoms with van der Waals surface area (Å²) in [6, 6.07) is 0. The minimum atomic E-state index is -4.40. The van der Waals surface area contributed by atoms with Crippen LogP contribution in [0.3, 0.4) is 0 Å². The number of carbonyl (C=O) groups is 2. The van der Waals surface area contributed by atoms with E-state index in [1.807, 2.05) is 21.1 Å². The molecular formula is C80H143NO8P+. The molecule has 0 amide bonds. The number of likely N-dealkylation sites (N-methyl/N-ethyl adjacent to an activating group) is 1. The zero-order valence-electron chi connectivity index (χ0n) is 59.4. The van der Waals surface area contributed by atoms with Crippen LogP contribution in [0.15, 0.2) is 109 Å². The van der Waals surface area contributed by atoms with Crippen molar-refractivity contribution in [3.63, 3.8) is 0 Å². The third-order valence-electron chi connectivity index (χ3n) is 16.3. The molecule has 10 heteroatoms. The number of phosphoric ester groups is 1. The number of phosphoric acid groups is 1. The van der Waals surface area contributed by atoms with E-state index >= 15 is 0 Å². The fourth-order valence-electron chi connectivity index (χ4n) is 10.6. The van der Waals surface area contributed by atoms with E-state index in [1.165, 1.54) is 212 Å². The van der Waals surface area contributed by atoms with Crippen LogP contribution in [0.5, 0.6) is 0 Å². The van der Waals surface area contributed by atoms with Gasteiger partial charge in [0.15, 0.2) is 6.10 Å². The van der Waals surface area contributed by atoms with Gasteiger partial charge in [0.1, 0.15) is 19.8 Å². The van der Waals surface area contributed by atoms with Crippen molar-refractivity contribution < 1.29 is 42.1 Å². The Balaban J connectivity index is 4.02. The maximum absolute atomic E-state index is 12.9. The Kier molecular flexibility index (Phi) is 67.4. The van der Waals surface area contributed by atoms with Gasteiger partial charge in [-0.25, -0.2) is 4.57 Å². The van der Waals surface area contributed by atoms with Crippen molar-refractivity contribution in [2.24, 2.45) is 0 Å². The van der Waals surface area contributed by atoms with Crippen LogP contribution in [-0.2, 0) is 32.7 Å². The quantitative estimate of drug-likeness (QED) is 0.0211. The van der Waals surface area contributed by atoms with Crippen molar-refractivity contribution in [1.82, 2.24) is 0 Å². The van der Waals surface area contributed by atoms with Gasteiger partial charge in [-0.2, -0.15) is 0 Å². The minimum absolute atomic E-state index is 0.0291.